The zero-order chi connectivity index (χ0) is 21.2. The third-order valence-corrected chi connectivity index (χ3v) is 5.07. The van der Waals surface area contributed by atoms with Gasteiger partial charge in [0.2, 0.25) is 5.91 Å². The van der Waals surface area contributed by atoms with E-state index in [1.807, 2.05) is 40.7 Å². The summed E-state index contributed by atoms with van der Waals surface area (Å²) in [6.07, 6.45) is 0. The molecule has 2 aromatic rings. The lowest BCUT2D eigenvalue weighted by Gasteiger charge is -2.18. The van der Waals surface area contributed by atoms with Gasteiger partial charge < -0.3 is 9.88 Å². The number of rotatable bonds is 7. The van der Waals surface area contributed by atoms with Crippen molar-refractivity contribution in [1.82, 2.24) is 9.47 Å². The number of hydrogen-bond acceptors (Lipinski definition) is 3. The Balaban J connectivity index is 2.02. The average Bonchev–Trinajstić information content (AvgIpc) is 2.85. The summed E-state index contributed by atoms with van der Waals surface area (Å²) in [5.74, 6) is -0.0731. The molecule has 0 fully saturated rings. The normalized spacial score (nSPS) is 11.4. The fraction of sp³-hybridized carbons (Fsp3) is 0.478. The molecule has 0 bridgehead atoms. The first kappa shape index (κ1) is 21.9. The number of likely N-dealkylation sites (N-methyl/N-ethyl adjacent to an activating group) is 1. The highest BCUT2D eigenvalue weighted by Crippen LogP contribution is 2.22. The van der Waals surface area contributed by atoms with Gasteiger partial charge in [-0.15, -0.1) is 0 Å². The van der Waals surface area contributed by atoms with Gasteiger partial charge in [0.05, 0.1) is 13.1 Å². The van der Waals surface area contributed by atoms with Gasteiger partial charge in [0.15, 0.2) is 5.78 Å². The zero-order valence-electron chi connectivity index (χ0n) is 18.4. The van der Waals surface area contributed by atoms with E-state index >= 15 is 0 Å². The van der Waals surface area contributed by atoms with Crippen molar-refractivity contribution in [3.8, 4) is 0 Å². The Labute approximate surface area is 168 Å². The third-order valence-electron chi connectivity index (χ3n) is 5.07. The van der Waals surface area contributed by atoms with E-state index < -0.39 is 0 Å². The number of anilines is 1. The highest BCUT2D eigenvalue weighted by Gasteiger charge is 2.19. The van der Waals surface area contributed by atoms with Crippen LogP contribution in [0.4, 0.5) is 5.69 Å². The van der Waals surface area contributed by atoms with Crippen molar-refractivity contribution in [3.63, 3.8) is 0 Å². The van der Waals surface area contributed by atoms with Crippen LogP contribution in [0.15, 0.2) is 18.2 Å². The Hall–Kier alpha value is -2.40. The van der Waals surface area contributed by atoms with Gasteiger partial charge in [-0.05, 0) is 72.7 Å². The second-order valence-corrected chi connectivity index (χ2v) is 8.17. The molecule has 1 aromatic heterocycles. The molecule has 0 spiro atoms. The average molecular weight is 384 g/mol. The molecular formula is C23H33N3O2. The van der Waals surface area contributed by atoms with Crippen LogP contribution in [0.25, 0.3) is 0 Å². The minimum absolute atomic E-state index is 0.0398. The first-order valence-corrected chi connectivity index (χ1v) is 9.79. The van der Waals surface area contributed by atoms with Crippen LogP contribution in [0.3, 0.4) is 0 Å². The summed E-state index contributed by atoms with van der Waals surface area (Å²) < 4.78 is 2.17. The van der Waals surface area contributed by atoms with Crippen molar-refractivity contribution in [1.29, 1.82) is 0 Å². The van der Waals surface area contributed by atoms with Gasteiger partial charge in [-0.2, -0.15) is 0 Å². The Morgan fingerprint density at radius 1 is 1.00 bits per heavy atom. The first-order chi connectivity index (χ1) is 13.0. The van der Waals surface area contributed by atoms with Crippen molar-refractivity contribution < 1.29 is 9.59 Å². The number of carbonyl (C=O) groups is 2. The number of benzene rings is 1. The summed E-state index contributed by atoms with van der Waals surface area (Å²) in [5, 5.41) is 2.99. The minimum atomic E-state index is -0.113. The Morgan fingerprint density at radius 2 is 1.57 bits per heavy atom. The smallest absolute Gasteiger partial charge is 0.238 e. The van der Waals surface area contributed by atoms with E-state index in [0.717, 1.165) is 33.8 Å². The Morgan fingerprint density at radius 3 is 2.07 bits per heavy atom. The van der Waals surface area contributed by atoms with Crippen LogP contribution in [0.1, 0.15) is 58.3 Å². The standard InChI is InChI=1S/C23H33N3O2/c1-14(2)26-18(6)11-20(19(26)7)21(27)12-25(8)13-22(28)24-23-16(4)9-15(3)10-17(23)5/h9-11,14H,12-13H2,1-8H3,(H,24,28). The van der Waals surface area contributed by atoms with Crippen LogP contribution >= 0.6 is 0 Å². The molecule has 0 unspecified atom stereocenters. The van der Waals surface area contributed by atoms with E-state index in [9.17, 15) is 9.59 Å². The van der Waals surface area contributed by atoms with Crippen molar-refractivity contribution in [2.24, 2.45) is 0 Å². The predicted octanol–water partition coefficient (Wildman–Crippen LogP) is 4.36. The van der Waals surface area contributed by atoms with Gasteiger partial charge in [-0.3, -0.25) is 14.5 Å². The van der Waals surface area contributed by atoms with Crippen LogP contribution in [0, 0.1) is 34.6 Å². The van der Waals surface area contributed by atoms with Crippen LogP contribution in [0.5, 0.6) is 0 Å². The number of nitrogens with one attached hydrogen (secondary N) is 1. The maximum absolute atomic E-state index is 12.8. The van der Waals surface area contributed by atoms with Crippen molar-refractivity contribution in [2.75, 3.05) is 25.5 Å². The van der Waals surface area contributed by atoms with Crippen molar-refractivity contribution in [2.45, 2.75) is 54.5 Å². The summed E-state index contributed by atoms with van der Waals surface area (Å²) in [6, 6.07) is 6.37. The maximum atomic E-state index is 12.8. The van der Waals surface area contributed by atoms with E-state index in [2.05, 4.69) is 35.9 Å². The maximum Gasteiger partial charge on any atom is 0.238 e. The monoisotopic (exact) mass is 383 g/mol. The van der Waals surface area contributed by atoms with Crippen LogP contribution in [0.2, 0.25) is 0 Å². The summed E-state index contributed by atoms with van der Waals surface area (Å²) in [6.45, 7) is 14.6. The lowest BCUT2D eigenvalue weighted by Crippen LogP contribution is -2.34. The number of amides is 1. The summed E-state index contributed by atoms with van der Waals surface area (Å²) in [7, 11) is 1.80. The molecule has 1 amide bonds. The zero-order valence-corrected chi connectivity index (χ0v) is 18.4. The number of Topliss-reactive ketones (excluding diaryl/α,β-unsaturated/α-hetero) is 1. The molecule has 2 rings (SSSR count). The van der Waals surface area contributed by atoms with Gasteiger partial charge in [-0.1, -0.05) is 17.7 Å². The summed E-state index contributed by atoms with van der Waals surface area (Å²) in [4.78, 5) is 27.0. The van der Waals surface area contributed by atoms with Crippen LogP contribution in [-0.2, 0) is 4.79 Å². The van der Waals surface area contributed by atoms with Crippen molar-refractivity contribution >= 4 is 17.4 Å². The largest absolute Gasteiger partial charge is 0.346 e. The summed E-state index contributed by atoms with van der Waals surface area (Å²) >= 11 is 0. The van der Waals surface area contributed by atoms with Gasteiger partial charge in [0.1, 0.15) is 0 Å². The lowest BCUT2D eigenvalue weighted by atomic mass is 10.1. The van der Waals surface area contributed by atoms with E-state index in [0.29, 0.717) is 6.04 Å². The van der Waals surface area contributed by atoms with E-state index in [1.54, 1.807) is 11.9 Å². The number of ketones is 1. The number of hydrogen-bond donors (Lipinski definition) is 1. The van der Waals surface area contributed by atoms with Gasteiger partial charge >= 0.3 is 0 Å². The molecule has 1 N–H and O–H groups in total. The molecule has 1 aromatic carbocycles. The van der Waals surface area contributed by atoms with E-state index in [-0.39, 0.29) is 24.8 Å². The quantitative estimate of drug-likeness (QED) is 0.723. The van der Waals surface area contributed by atoms with Gasteiger partial charge in [0.25, 0.3) is 0 Å². The highest BCUT2D eigenvalue weighted by atomic mass is 16.2. The number of aryl methyl sites for hydroxylation is 4. The molecule has 0 aliphatic heterocycles. The van der Waals surface area contributed by atoms with Crippen molar-refractivity contribution in [3.05, 3.63) is 51.8 Å². The van der Waals surface area contributed by atoms with E-state index in [1.165, 1.54) is 5.56 Å². The second-order valence-electron chi connectivity index (χ2n) is 8.17. The van der Waals surface area contributed by atoms with E-state index in [4.69, 9.17) is 0 Å². The molecule has 0 saturated carbocycles. The predicted molar refractivity (Wildman–Crippen MR) is 115 cm³/mol. The minimum Gasteiger partial charge on any atom is -0.346 e. The summed E-state index contributed by atoms with van der Waals surface area (Å²) in [5.41, 5.74) is 6.94. The molecule has 0 aliphatic carbocycles. The third kappa shape index (κ3) is 4.90. The molecule has 5 nitrogen and oxygen atoms in total. The molecule has 5 heteroatoms. The molecule has 1 heterocycles. The first-order valence-electron chi connectivity index (χ1n) is 9.79. The molecule has 152 valence electrons. The Bertz CT molecular complexity index is 870. The molecule has 0 atom stereocenters. The fourth-order valence-corrected chi connectivity index (χ4v) is 4.04. The molecule has 0 radical (unpaired) electrons. The SMILES string of the molecule is Cc1cc(C)c(NC(=O)CN(C)CC(=O)c2cc(C)n(C(C)C)c2C)c(C)c1. The highest BCUT2D eigenvalue weighted by molar-refractivity contribution is 5.99. The van der Waals surface area contributed by atoms with Gasteiger partial charge in [-0.25, -0.2) is 0 Å². The molecule has 0 aliphatic rings. The Kier molecular flexibility index (Phi) is 6.83. The fourth-order valence-electron chi connectivity index (χ4n) is 4.04. The number of carbonyl (C=O) groups excluding carboxylic acids is 2. The second kappa shape index (κ2) is 8.74. The molecule has 28 heavy (non-hydrogen) atoms. The molecule has 0 saturated heterocycles. The van der Waals surface area contributed by atoms with Crippen LogP contribution in [-0.4, -0.2) is 41.3 Å². The molecular weight excluding hydrogens is 350 g/mol. The number of aromatic nitrogens is 1. The van der Waals surface area contributed by atoms with Gasteiger partial charge in [0, 0.05) is 28.7 Å². The number of nitrogens with zero attached hydrogens (tertiary/aromatic N) is 2. The lowest BCUT2D eigenvalue weighted by molar-refractivity contribution is -0.116. The van der Waals surface area contributed by atoms with Crippen LogP contribution < -0.4 is 5.32 Å². The topological polar surface area (TPSA) is 54.3 Å².